The van der Waals surface area contributed by atoms with Gasteiger partial charge in [0.1, 0.15) is 9.88 Å². The van der Waals surface area contributed by atoms with Gasteiger partial charge in [-0.25, -0.2) is 9.78 Å². The lowest BCUT2D eigenvalue weighted by atomic mass is 10.1. The molecule has 0 aliphatic rings. The van der Waals surface area contributed by atoms with E-state index in [1.807, 2.05) is 20.8 Å². The molecule has 0 radical (unpaired) electrons. The van der Waals surface area contributed by atoms with Crippen molar-refractivity contribution in [3.63, 3.8) is 0 Å². The highest BCUT2D eigenvalue weighted by Gasteiger charge is 2.21. The van der Waals surface area contributed by atoms with Gasteiger partial charge >= 0.3 is 5.97 Å². The largest absolute Gasteiger partial charge is 0.477 e. The van der Waals surface area contributed by atoms with Crippen molar-refractivity contribution in [3.05, 3.63) is 26.4 Å². The normalized spacial score (nSPS) is 11.2. The fourth-order valence-corrected chi connectivity index (χ4v) is 3.96. The predicted octanol–water partition coefficient (Wildman–Crippen LogP) is 4.31. The monoisotopic (exact) mass is 281 g/mol. The van der Waals surface area contributed by atoms with Crippen LogP contribution < -0.4 is 0 Å². The summed E-state index contributed by atoms with van der Waals surface area (Å²) in [6.45, 7) is 8.04. The Balaban J connectivity index is 2.56. The second-order valence-corrected chi connectivity index (χ2v) is 6.98. The number of nitrogens with zero attached hydrogens (tertiary/aromatic N) is 1. The van der Waals surface area contributed by atoms with Crippen LogP contribution in [0.25, 0.3) is 10.6 Å². The molecule has 0 aliphatic heterocycles. The molecule has 0 amide bonds. The molecule has 3 nitrogen and oxygen atoms in total. The van der Waals surface area contributed by atoms with E-state index in [1.54, 1.807) is 11.3 Å². The molecule has 5 heteroatoms. The van der Waals surface area contributed by atoms with Crippen molar-refractivity contribution >= 4 is 28.6 Å². The van der Waals surface area contributed by atoms with Gasteiger partial charge in [-0.2, -0.15) is 0 Å². The number of aromatic carboxylic acids is 1. The molecular formula is C13H15NO2S2. The lowest BCUT2D eigenvalue weighted by Crippen LogP contribution is -2.00. The number of carbonyl (C=O) groups is 1. The van der Waals surface area contributed by atoms with Gasteiger partial charge in [0.15, 0.2) is 0 Å². The summed E-state index contributed by atoms with van der Waals surface area (Å²) in [5, 5.41) is 10.0. The maximum Gasteiger partial charge on any atom is 0.347 e. The second-order valence-electron chi connectivity index (χ2n) is 4.52. The minimum atomic E-state index is -0.882. The van der Waals surface area contributed by atoms with Crippen LogP contribution >= 0.6 is 22.7 Å². The lowest BCUT2D eigenvalue weighted by molar-refractivity contribution is 0.0700. The molecule has 2 aromatic rings. The molecule has 0 saturated carbocycles. The van der Waals surface area contributed by atoms with Crippen LogP contribution in [-0.2, 0) is 0 Å². The van der Waals surface area contributed by atoms with E-state index < -0.39 is 5.97 Å². The summed E-state index contributed by atoms with van der Waals surface area (Å²) in [4.78, 5) is 18.5. The van der Waals surface area contributed by atoms with Gasteiger partial charge in [-0.3, -0.25) is 0 Å². The van der Waals surface area contributed by atoms with Gasteiger partial charge in [-0.15, -0.1) is 22.7 Å². The highest BCUT2D eigenvalue weighted by atomic mass is 32.1. The minimum absolute atomic E-state index is 0.126. The molecule has 1 N–H and O–H groups in total. The molecule has 2 aromatic heterocycles. The van der Waals surface area contributed by atoms with Crippen LogP contribution in [0.1, 0.15) is 44.9 Å². The summed E-state index contributed by atoms with van der Waals surface area (Å²) >= 11 is 2.99. The summed E-state index contributed by atoms with van der Waals surface area (Å²) in [5.74, 6) is -0.756. The van der Waals surface area contributed by atoms with E-state index in [0.717, 1.165) is 10.6 Å². The summed E-state index contributed by atoms with van der Waals surface area (Å²) in [6, 6.07) is 2.08. The van der Waals surface area contributed by atoms with E-state index in [2.05, 4.69) is 18.0 Å². The van der Waals surface area contributed by atoms with Crippen LogP contribution in [0, 0.1) is 13.8 Å². The Morgan fingerprint density at radius 3 is 2.39 bits per heavy atom. The Morgan fingerprint density at radius 1 is 1.33 bits per heavy atom. The zero-order valence-electron chi connectivity index (χ0n) is 10.8. The summed E-state index contributed by atoms with van der Waals surface area (Å²) in [5.41, 5.74) is 1.75. The average Bonchev–Trinajstić information content (AvgIpc) is 2.81. The van der Waals surface area contributed by atoms with Crippen molar-refractivity contribution in [2.24, 2.45) is 0 Å². The van der Waals surface area contributed by atoms with Crippen LogP contribution in [0.2, 0.25) is 0 Å². The first-order valence-electron chi connectivity index (χ1n) is 5.71. The molecule has 2 heterocycles. The SMILES string of the molecule is Cc1cc(-c2nc(C(C)C)c(C(=O)O)s2)c(C)s1. The average molecular weight is 281 g/mol. The van der Waals surface area contributed by atoms with Crippen LogP contribution in [0.15, 0.2) is 6.07 Å². The zero-order valence-corrected chi connectivity index (χ0v) is 12.4. The Morgan fingerprint density at radius 2 is 2.00 bits per heavy atom. The van der Waals surface area contributed by atoms with E-state index in [0.29, 0.717) is 10.6 Å². The first-order chi connectivity index (χ1) is 8.40. The summed E-state index contributed by atoms with van der Waals surface area (Å²) in [7, 11) is 0. The first kappa shape index (κ1) is 13.2. The van der Waals surface area contributed by atoms with Crippen LogP contribution in [0.3, 0.4) is 0 Å². The van der Waals surface area contributed by atoms with Crippen molar-refractivity contribution < 1.29 is 9.90 Å². The van der Waals surface area contributed by atoms with Crippen LogP contribution in [-0.4, -0.2) is 16.1 Å². The Bertz CT molecular complexity index is 596. The standard InChI is InChI=1S/C13H15NO2S2/c1-6(2)10-11(13(15)16)18-12(14-10)9-5-7(3)17-8(9)4/h5-6H,1-4H3,(H,15,16). The van der Waals surface area contributed by atoms with Crippen molar-refractivity contribution in [1.82, 2.24) is 4.98 Å². The molecule has 0 spiro atoms. The third kappa shape index (κ3) is 2.33. The number of rotatable bonds is 3. The van der Waals surface area contributed by atoms with E-state index in [9.17, 15) is 9.90 Å². The van der Waals surface area contributed by atoms with Crippen LogP contribution in [0.5, 0.6) is 0 Å². The molecular weight excluding hydrogens is 266 g/mol. The first-order valence-corrected chi connectivity index (χ1v) is 7.35. The minimum Gasteiger partial charge on any atom is -0.477 e. The van der Waals surface area contributed by atoms with E-state index in [1.165, 1.54) is 21.1 Å². The fourth-order valence-electron chi connectivity index (χ4n) is 1.83. The molecule has 0 atom stereocenters. The number of hydrogen-bond acceptors (Lipinski definition) is 4. The molecule has 2 rings (SSSR count). The number of hydrogen-bond donors (Lipinski definition) is 1. The van der Waals surface area contributed by atoms with Crippen molar-refractivity contribution in [2.75, 3.05) is 0 Å². The number of aromatic nitrogens is 1. The smallest absolute Gasteiger partial charge is 0.347 e. The van der Waals surface area contributed by atoms with Gasteiger partial charge in [0.25, 0.3) is 0 Å². The van der Waals surface area contributed by atoms with Crippen molar-refractivity contribution in [2.45, 2.75) is 33.6 Å². The molecule has 0 aliphatic carbocycles. The Kier molecular flexibility index (Phi) is 3.54. The van der Waals surface area contributed by atoms with Crippen LogP contribution in [0.4, 0.5) is 0 Å². The van der Waals surface area contributed by atoms with Gasteiger partial charge in [-0.05, 0) is 25.8 Å². The number of aryl methyl sites for hydroxylation is 2. The number of carboxylic acids is 1. The number of thiazole rings is 1. The maximum absolute atomic E-state index is 11.2. The molecule has 0 aromatic carbocycles. The molecule has 0 bridgehead atoms. The van der Waals surface area contributed by atoms with E-state index in [4.69, 9.17) is 0 Å². The predicted molar refractivity (Wildman–Crippen MR) is 75.9 cm³/mol. The Hall–Kier alpha value is -1.20. The van der Waals surface area contributed by atoms with E-state index >= 15 is 0 Å². The number of carboxylic acid groups (broad SMARTS) is 1. The molecule has 0 saturated heterocycles. The summed E-state index contributed by atoms with van der Waals surface area (Å²) < 4.78 is 0. The zero-order chi connectivity index (χ0) is 13.4. The van der Waals surface area contributed by atoms with Crippen molar-refractivity contribution in [1.29, 1.82) is 0 Å². The van der Waals surface area contributed by atoms with Crippen molar-refractivity contribution in [3.8, 4) is 10.6 Å². The molecule has 0 unspecified atom stereocenters. The third-order valence-electron chi connectivity index (χ3n) is 2.67. The lowest BCUT2D eigenvalue weighted by Gasteiger charge is -2.00. The summed E-state index contributed by atoms with van der Waals surface area (Å²) in [6.07, 6.45) is 0. The molecule has 96 valence electrons. The third-order valence-corrected chi connectivity index (χ3v) is 4.72. The van der Waals surface area contributed by atoms with Gasteiger partial charge < -0.3 is 5.11 Å². The quantitative estimate of drug-likeness (QED) is 0.912. The highest BCUT2D eigenvalue weighted by molar-refractivity contribution is 7.18. The highest BCUT2D eigenvalue weighted by Crippen LogP contribution is 2.36. The van der Waals surface area contributed by atoms with Gasteiger partial charge in [0, 0.05) is 15.3 Å². The second kappa shape index (κ2) is 4.82. The topological polar surface area (TPSA) is 50.2 Å². The molecule has 18 heavy (non-hydrogen) atoms. The maximum atomic E-state index is 11.2. The molecule has 0 fully saturated rings. The number of thiophene rings is 1. The Labute approximate surface area is 114 Å². The van der Waals surface area contributed by atoms with Gasteiger partial charge in [0.2, 0.25) is 0 Å². The van der Waals surface area contributed by atoms with E-state index in [-0.39, 0.29) is 5.92 Å². The van der Waals surface area contributed by atoms with Gasteiger partial charge in [0.05, 0.1) is 5.69 Å². The van der Waals surface area contributed by atoms with Gasteiger partial charge in [-0.1, -0.05) is 13.8 Å². The fraction of sp³-hybridized carbons (Fsp3) is 0.385.